The van der Waals surface area contributed by atoms with Crippen molar-refractivity contribution in [3.8, 4) is 102 Å². The fourth-order valence-electron chi connectivity index (χ4n) is 10.3. The van der Waals surface area contributed by atoms with E-state index in [4.69, 9.17) is 19.7 Å². The van der Waals surface area contributed by atoms with Gasteiger partial charge in [-0.1, -0.05) is 170 Å². The minimum Gasteiger partial charge on any atom is -0.457 e. The van der Waals surface area contributed by atoms with Gasteiger partial charge in [0.1, 0.15) is 11.5 Å². The van der Waals surface area contributed by atoms with Crippen LogP contribution in [0.1, 0.15) is 22.3 Å². The van der Waals surface area contributed by atoms with Crippen LogP contribution in [-0.4, -0.2) is 24.9 Å². The summed E-state index contributed by atoms with van der Waals surface area (Å²) in [6.07, 6.45) is 3.66. The molecule has 0 atom stereocenters. The van der Waals surface area contributed by atoms with Crippen molar-refractivity contribution < 1.29 is 4.74 Å². The number of pyridine rings is 2. The van der Waals surface area contributed by atoms with Crippen LogP contribution in [0.25, 0.3) is 90.1 Å². The van der Waals surface area contributed by atoms with Gasteiger partial charge in [0.25, 0.3) is 0 Å². The largest absolute Gasteiger partial charge is 0.457 e. The Morgan fingerprint density at radius 2 is 0.750 bits per heavy atom. The second-order valence-electron chi connectivity index (χ2n) is 17.2. The number of fused-ring (bicyclic) bond motifs is 9. The Labute approximate surface area is 394 Å². The third-order valence-electron chi connectivity index (χ3n) is 13.3. The van der Waals surface area contributed by atoms with Crippen LogP contribution in [0.3, 0.4) is 0 Å². The summed E-state index contributed by atoms with van der Waals surface area (Å²) >= 11 is 0. The lowest BCUT2D eigenvalue weighted by molar-refractivity contribution is 0.436. The molecule has 1 spiro atoms. The molecule has 1 aliphatic heterocycles. The first-order valence-electron chi connectivity index (χ1n) is 22.8. The van der Waals surface area contributed by atoms with Crippen molar-refractivity contribution >= 4 is 0 Å². The summed E-state index contributed by atoms with van der Waals surface area (Å²) in [5, 5.41) is 0. The van der Waals surface area contributed by atoms with Crippen LogP contribution in [0.2, 0.25) is 0 Å². The van der Waals surface area contributed by atoms with Gasteiger partial charge in [-0.15, -0.1) is 0 Å². The van der Waals surface area contributed by atoms with Gasteiger partial charge in [-0.05, 0) is 99.1 Å². The molecule has 0 amide bonds. The number of hydrogen-bond donors (Lipinski definition) is 0. The maximum absolute atomic E-state index is 6.64. The lowest BCUT2D eigenvalue weighted by Gasteiger charge is -2.39. The van der Waals surface area contributed by atoms with Gasteiger partial charge >= 0.3 is 0 Å². The molecular formula is C62H39N5O. The lowest BCUT2D eigenvalue weighted by Crippen LogP contribution is -2.32. The highest BCUT2D eigenvalue weighted by molar-refractivity contribution is 5.96. The summed E-state index contributed by atoms with van der Waals surface area (Å²) in [5.41, 5.74) is 17.1. The summed E-state index contributed by atoms with van der Waals surface area (Å²) in [6, 6.07) is 78.3. The molecular weight excluding hydrogens is 831 g/mol. The second kappa shape index (κ2) is 16.1. The SMILES string of the molecule is c1ccc(-c2nc(-c3cc(-c4ccc(-c5ccccn5)cc4)cc(-c4ccc(-c5ccccn5)cc4)c3)nc(-c3cccc4c3-c3ccccc3C43c4ccccc4Oc4ccccc43)n2)cc1. The maximum Gasteiger partial charge on any atom is 0.164 e. The van der Waals surface area contributed by atoms with Gasteiger partial charge in [0.15, 0.2) is 17.5 Å². The quantitative estimate of drug-likeness (QED) is 0.159. The van der Waals surface area contributed by atoms with Gasteiger partial charge in [0.05, 0.1) is 16.8 Å². The fourth-order valence-corrected chi connectivity index (χ4v) is 10.3. The molecule has 0 unspecified atom stereocenters. The molecule has 0 bridgehead atoms. The molecule has 3 aromatic heterocycles. The van der Waals surface area contributed by atoms with Crippen LogP contribution >= 0.6 is 0 Å². The van der Waals surface area contributed by atoms with Crippen molar-refractivity contribution in [2.45, 2.75) is 5.41 Å². The number of rotatable bonds is 7. The standard InChI is InChI=1S/C62H39N5O/c1-2-15-44(16-3-1)59-65-60(47-38-45(40-27-31-42(32-28-40)54-23-10-12-35-63-54)37-46(39-47)41-29-33-43(34-30-41)55-24-11-13-36-64-55)67-61(66-59)49-18-14-22-53-58(49)48-17-4-5-19-50(48)62(53)51-20-6-8-25-56(51)68-57-26-9-7-21-52(57)62/h1-39H. The van der Waals surface area contributed by atoms with Crippen molar-refractivity contribution in [2.75, 3.05) is 0 Å². The van der Waals surface area contributed by atoms with E-state index in [0.717, 1.165) is 101 Å². The predicted octanol–water partition coefficient (Wildman–Crippen LogP) is 14.8. The molecule has 11 aromatic rings. The van der Waals surface area contributed by atoms with Crippen molar-refractivity contribution in [1.82, 2.24) is 24.9 Å². The van der Waals surface area contributed by atoms with E-state index in [1.807, 2.05) is 79.1 Å². The summed E-state index contributed by atoms with van der Waals surface area (Å²) in [4.78, 5) is 25.3. The third kappa shape index (κ3) is 6.45. The Kier molecular flexibility index (Phi) is 9.29. The van der Waals surface area contributed by atoms with E-state index in [9.17, 15) is 0 Å². The van der Waals surface area contributed by atoms with E-state index in [-0.39, 0.29) is 0 Å². The Balaban J connectivity index is 1.02. The first-order valence-corrected chi connectivity index (χ1v) is 22.8. The molecule has 6 nitrogen and oxygen atoms in total. The van der Waals surface area contributed by atoms with Crippen molar-refractivity contribution in [2.24, 2.45) is 0 Å². The van der Waals surface area contributed by atoms with Crippen molar-refractivity contribution in [3.05, 3.63) is 259 Å². The normalized spacial score (nSPS) is 12.6. The van der Waals surface area contributed by atoms with E-state index in [1.54, 1.807) is 0 Å². The molecule has 68 heavy (non-hydrogen) atoms. The zero-order valence-corrected chi connectivity index (χ0v) is 36.7. The van der Waals surface area contributed by atoms with E-state index in [1.165, 1.54) is 5.56 Å². The van der Waals surface area contributed by atoms with Crippen LogP contribution in [-0.2, 0) is 5.41 Å². The highest BCUT2D eigenvalue weighted by Crippen LogP contribution is 2.63. The van der Waals surface area contributed by atoms with E-state index in [0.29, 0.717) is 17.5 Å². The Bertz CT molecular complexity index is 3540. The molecule has 2 aliphatic rings. The van der Waals surface area contributed by atoms with Gasteiger partial charge in [0, 0.05) is 51.3 Å². The van der Waals surface area contributed by atoms with Crippen LogP contribution in [0, 0.1) is 0 Å². The first kappa shape index (κ1) is 39.3. The molecule has 0 N–H and O–H groups in total. The minimum absolute atomic E-state index is 0.576. The van der Waals surface area contributed by atoms with Gasteiger partial charge in [-0.3, -0.25) is 9.97 Å². The molecule has 0 saturated heterocycles. The number of ether oxygens (including phenoxy) is 1. The number of nitrogens with zero attached hydrogens (tertiary/aromatic N) is 5. The smallest absolute Gasteiger partial charge is 0.164 e. The topological polar surface area (TPSA) is 73.7 Å². The van der Waals surface area contributed by atoms with Gasteiger partial charge < -0.3 is 4.74 Å². The first-order chi connectivity index (χ1) is 33.7. The van der Waals surface area contributed by atoms with Crippen LogP contribution in [0.15, 0.2) is 237 Å². The van der Waals surface area contributed by atoms with Crippen molar-refractivity contribution in [3.63, 3.8) is 0 Å². The number of para-hydroxylation sites is 2. The minimum atomic E-state index is -0.632. The van der Waals surface area contributed by atoms with Crippen LogP contribution in [0.5, 0.6) is 11.5 Å². The number of benzene rings is 8. The Morgan fingerprint density at radius 3 is 1.34 bits per heavy atom. The molecule has 13 rings (SSSR count). The zero-order chi connectivity index (χ0) is 45.0. The average molecular weight is 870 g/mol. The summed E-state index contributed by atoms with van der Waals surface area (Å²) in [7, 11) is 0. The molecule has 4 heterocycles. The molecule has 8 aromatic carbocycles. The van der Waals surface area contributed by atoms with E-state index >= 15 is 0 Å². The summed E-state index contributed by atoms with van der Waals surface area (Å²) in [6.45, 7) is 0. The molecule has 1 aliphatic carbocycles. The van der Waals surface area contributed by atoms with Crippen molar-refractivity contribution in [1.29, 1.82) is 0 Å². The number of hydrogen-bond acceptors (Lipinski definition) is 6. The lowest BCUT2D eigenvalue weighted by atomic mass is 9.66. The van der Waals surface area contributed by atoms with E-state index in [2.05, 4.69) is 168 Å². The van der Waals surface area contributed by atoms with Gasteiger partial charge in [-0.2, -0.15) is 0 Å². The van der Waals surface area contributed by atoms with E-state index < -0.39 is 5.41 Å². The molecule has 0 fully saturated rings. The molecule has 318 valence electrons. The van der Waals surface area contributed by atoms with Crippen LogP contribution < -0.4 is 4.74 Å². The van der Waals surface area contributed by atoms with Gasteiger partial charge in [0.2, 0.25) is 0 Å². The molecule has 0 radical (unpaired) electrons. The van der Waals surface area contributed by atoms with Crippen LogP contribution in [0.4, 0.5) is 0 Å². The number of aromatic nitrogens is 5. The zero-order valence-electron chi connectivity index (χ0n) is 36.7. The predicted molar refractivity (Wildman–Crippen MR) is 271 cm³/mol. The molecule has 6 heteroatoms. The monoisotopic (exact) mass is 869 g/mol. The third-order valence-corrected chi connectivity index (χ3v) is 13.3. The highest BCUT2D eigenvalue weighted by atomic mass is 16.5. The average Bonchev–Trinajstić information content (AvgIpc) is 3.72. The van der Waals surface area contributed by atoms with Gasteiger partial charge in [-0.25, -0.2) is 15.0 Å². The maximum atomic E-state index is 6.64. The molecule has 0 saturated carbocycles. The summed E-state index contributed by atoms with van der Waals surface area (Å²) < 4.78 is 6.64. The summed E-state index contributed by atoms with van der Waals surface area (Å²) in [5.74, 6) is 3.46. The Hall–Kier alpha value is -9.13. The fraction of sp³-hybridized carbons (Fsp3) is 0.0161. The highest BCUT2D eigenvalue weighted by Gasteiger charge is 2.51. The second-order valence-corrected chi connectivity index (χ2v) is 17.2. The Morgan fingerprint density at radius 1 is 0.294 bits per heavy atom.